The quantitative estimate of drug-likeness (QED) is 0.675. The zero-order valence-corrected chi connectivity index (χ0v) is 17.9. The van der Waals surface area contributed by atoms with Gasteiger partial charge in [0.1, 0.15) is 11.4 Å². The molecule has 7 heteroatoms. The van der Waals surface area contributed by atoms with E-state index in [4.69, 9.17) is 4.74 Å². The highest BCUT2D eigenvalue weighted by atomic mass is 16.5. The molecule has 1 aromatic carbocycles. The van der Waals surface area contributed by atoms with E-state index in [9.17, 15) is 4.79 Å². The molecule has 3 aromatic rings. The summed E-state index contributed by atoms with van der Waals surface area (Å²) in [6, 6.07) is 10.3. The number of aromatic amines is 1. The zero-order valence-electron chi connectivity index (χ0n) is 17.9. The summed E-state index contributed by atoms with van der Waals surface area (Å²) in [6.07, 6.45) is 7.05. The summed E-state index contributed by atoms with van der Waals surface area (Å²) in [5, 5.41) is 11.7. The van der Waals surface area contributed by atoms with Crippen LogP contribution in [0.5, 0.6) is 5.75 Å². The molecule has 30 heavy (non-hydrogen) atoms. The molecule has 4 rings (SSSR count). The molecule has 158 valence electrons. The van der Waals surface area contributed by atoms with Crippen LogP contribution in [-0.4, -0.2) is 50.5 Å². The summed E-state index contributed by atoms with van der Waals surface area (Å²) < 4.78 is 7.09. The van der Waals surface area contributed by atoms with Gasteiger partial charge in [-0.1, -0.05) is 12.1 Å². The molecule has 0 saturated carbocycles. The molecule has 1 aliphatic heterocycles. The van der Waals surface area contributed by atoms with Crippen molar-refractivity contribution in [3.63, 3.8) is 0 Å². The van der Waals surface area contributed by atoms with E-state index in [1.54, 1.807) is 11.8 Å². The third-order valence-electron chi connectivity index (χ3n) is 5.89. The number of benzene rings is 1. The minimum Gasteiger partial charge on any atom is -0.497 e. The number of rotatable bonds is 6. The van der Waals surface area contributed by atoms with Crippen molar-refractivity contribution in [3.8, 4) is 17.0 Å². The third-order valence-corrected chi connectivity index (χ3v) is 5.89. The first kappa shape index (κ1) is 20.2. The third kappa shape index (κ3) is 4.25. The molecule has 1 saturated heterocycles. The monoisotopic (exact) mass is 407 g/mol. The second-order valence-electron chi connectivity index (χ2n) is 8.01. The van der Waals surface area contributed by atoms with Gasteiger partial charge in [-0.3, -0.25) is 14.6 Å². The average molecular weight is 408 g/mol. The standard InChI is InChI=1S/C23H29N5O2/c1-16-20(15-27(2)26-16)21-14-22(25-24-21)23(29)28-12-5-4-8-18(28)11-10-17-7-6-9-19(13-17)30-3/h6-7,9,13-15,18H,4-5,8,10-12H2,1-3H3,(H,24,25). The Hall–Kier alpha value is -3.09. The van der Waals surface area contributed by atoms with Crippen molar-refractivity contribution in [2.45, 2.75) is 45.1 Å². The van der Waals surface area contributed by atoms with Gasteiger partial charge >= 0.3 is 0 Å². The van der Waals surface area contributed by atoms with Crippen molar-refractivity contribution in [1.29, 1.82) is 0 Å². The highest BCUT2D eigenvalue weighted by Gasteiger charge is 2.28. The number of likely N-dealkylation sites (tertiary alicyclic amines) is 1. The maximum Gasteiger partial charge on any atom is 0.272 e. The van der Waals surface area contributed by atoms with E-state index in [1.165, 1.54) is 5.56 Å². The van der Waals surface area contributed by atoms with Gasteiger partial charge in [-0.2, -0.15) is 10.2 Å². The molecule has 1 aliphatic rings. The van der Waals surface area contributed by atoms with E-state index in [1.807, 2.05) is 43.3 Å². The number of H-pyrrole nitrogens is 1. The maximum atomic E-state index is 13.3. The molecule has 1 fully saturated rings. The number of carbonyl (C=O) groups excluding carboxylic acids is 1. The Balaban J connectivity index is 1.47. The smallest absolute Gasteiger partial charge is 0.272 e. The molecule has 1 atom stereocenters. The highest BCUT2D eigenvalue weighted by molar-refractivity contribution is 5.93. The Bertz CT molecular complexity index is 1020. The molecule has 7 nitrogen and oxygen atoms in total. The Morgan fingerprint density at radius 3 is 2.93 bits per heavy atom. The predicted octanol–water partition coefficient (Wildman–Crippen LogP) is 3.75. The van der Waals surface area contributed by atoms with Gasteiger partial charge in [0.2, 0.25) is 0 Å². The normalized spacial score (nSPS) is 16.6. The van der Waals surface area contributed by atoms with E-state index in [2.05, 4.69) is 27.4 Å². The van der Waals surface area contributed by atoms with Crippen molar-refractivity contribution >= 4 is 5.91 Å². The van der Waals surface area contributed by atoms with Crippen LogP contribution in [0, 0.1) is 6.92 Å². The van der Waals surface area contributed by atoms with Gasteiger partial charge < -0.3 is 9.64 Å². The van der Waals surface area contributed by atoms with E-state index >= 15 is 0 Å². The summed E-state index contributed by atoms with van der Waals surface area (Å²) in [5.41, 5.74) is 4.39. The Kier molecular flexibility index (Phi) is 5.88. The molecule has 1 unspecified atom stereocenters. The number of aryl methyl sites for hydroxylation is 3. The van der Waals surface area contributed by atoms with Gasteiger partial charge in [0.15, 0.2) is 0 Å². The number of piperidine rings is 1. The van der Waals surface area contributed by atoms with Crippen LogP contribution < -0.4 is 4.74 Å². The van der Waals surface area contributed by atoms with E-state index in [0.717, 1.165) is 61.3 Å². The van der Waals surface area contributed by atoms with Gasteiger partial charge in [-0.15, -0.1) is 0 Å². The van der Waals surface area contributed by atoms with Crippen molar-refractivity contribution < 1.29 is 9.53 Å². The molecule has 3 heterocycles. The van der Waals surface area contributed by atoms with Crippen LogP contribution in [-0.2, 0) is 13.5 Å². The van der Waals surface area contributed by atoms with Crippen LogP contribution in [0.25, 0.3) is 11.3 Å². The number of hydrogen-bond donors (Lipinski definition) is 1. The summed E-state index contributed by atoms with van der Waals surface area (Å²) >= 11 is 0. The van der Waals surface area contributed by atoms with Crippen LogP contribution in [0.1, 0.15) is 47.4 Å². The minimum absolute atomic E-state index is 0.0330. The largest absolute Gasteiger partial charge is 0.497 e. The first-order valence-corrected chi connectivity index (χ1v) is 10.5. The lowest BCUT2D eigenvalue weighted by atomic mass is 9.95. The number of aromatic nitrogens is 4. The molecule has 0 spiro atoms. The number of nitrogens with zero attached hydrogens (tertiary/aromatic N) is 4. The second kappa shape index (κ2) is 8.73. The number of nitrogens with one attached hydrogen (secondary N) is 1. The van der Waals surface area contributed by atoms with E-state index < -0.39 is 0 Å². The maximum absolute atomic E-state index is 13.3. The van der Waals surface area contributed by atoms with Crippen LogP contribution >= 0.6 is 0 Å². The topological polar surface area (TPSA) is 76.0 Å². The fraction of sp³-hybridized carbons (Fsp3) is 0.435. The van der Waals surface area contributed by atoms with Crippen molar-refractivity contribution in [1.82, 2.24) is 24.9 Å². The van der Waals surface area contributed by atoms with Crippen molar-refractivity contribution in [2.75, 3.05) is 13.7 Å². The fourth-order valence-corrected chi connectivity index (χ4v) is 4.30. The number of ether oxygens (including phenoxy) is 1. The van der Waals surface area contributed by atoms with Gasteiger partial charge in [0, 0.05) is 31.4 Å². The molecular weight excluding hydrogens is 378 g/mol. The van der Waals surface area contributed by atoms with Gasteiger partial charge in [-0.25, -0.2) is 0 Å². The van der Waals surface area contributed by atoms with Gasteiger partial charge in [0.05, 0.1) is 18.5 Å². The Morgan fingerprint density at radius 1 is 1.30 bits per heavy atom. The van der Waals surface area contributed by atoms with Crippen LogP contribution in [0.4, 0.5) is 0 Å². The van der Waals surface area contributed by atoms with Crippen molar-refractivity contribution in [3.05, 3.63) is 53.5 Å². The Morgan fingerprint density at radius 2 is 2.17 bits per heavy atom. The molecule has 2 aromatic heterocycles. The van der Waals surface area contributed by atoms with Crippen molar-refractivity contribution in [2.24, 2.45) is 7.05 Å². The Labute approximate surface area is 177 Å². The van der Waals surface area contributed by atoms with Crippen LogP contribution in [0.3, 0.4) is 0 Å². The number of amides is 1. The molecule has 0 bridgehead atoms. The number of carbonyl (C=O) groups is 1. The lowest BCUT2D eigenvalue weighted by molar-refractivity contribution is 0.0596. The summed E-state index contributed by atoms with van der Waals surface area (Å²) in [5.74, 6) is 0.908. The highest BCUT2D eigenvalue weighted by Crippen LogP contribution is 2.26. The lowest BCUT2D eigenvalue weighted by Crippen LogP contribution is -2.44. The predicted molar refractivity (Wildman–Crippen MR) is 116 cm³/mol. The molecular formula is C23H29N5O2. The molecule has 0 aliphatic carbocycles. The minimum atomic E-state index is 0.0330. The van der Waals surface area contributed by atoms with E-state index in [-0.39, 0.29) is 11.9 Å². The van der Waals surface area contributed by atoms with Crippen LogP contribution in [0.2, 0.25) is 0 Å². The lowest BCUT2D eigenvalue weighted by Gasteiger charge is -2.35. The average Bonchev–Trinajstić information content (AvgIpc) is 3.38. The second-order valence-corrected chi connectivity index (χ2v) is 8.01. The number of methoxy groups -OCH3 is 1. The van der Waals surface area contributed by atoms with Gasteiger partial charge in [-0.05, 0) is 62.8 Å². The zero-order chi connectivity index (χ0) is 21.1. The first-order chi connectivity index (χ1) is 14.5. The molecule has 1 N–H and O–H groups in total. The van der Waals surface area contributed by atoms with Gasteiger partial charge in [0.25, 0.3) is 5.91 Å². The van der Waals surface area contributed by atoms with E-state index in [0.29, 0.717) is 5.69 Å². The number of hydrogen-bond acceptors (Lipinski definition) is 4. The first-order valence-electron chi connectivity index (χ1n) is 10.5. The molecule has 0 radical (unpaired) electrons. The summed E-state index contributed by atoms with van der Waals surface area (Å²) in [6.45, 7) is 2.74. The van der Waals surface area contributed by atoms with Crippen LogP contribution in [0.15, 0.2) is 36.5 Å². The fourth-order valence-electron chi connectivity index (χ4n) is 4.30. The summed E-state index contributed by atoms with van der Waals surface area (Å²) in [4.78, 5) is 15.3. The molecule has 1 amide bonds. The summed E-state index contributed by atoms with van der Waals surface area (Å²) in [7, 11) is 3.57. The SMILES string of the molecule is COc1cccc(CCC2CCCCN2C(=O)c2cc(-c3cn(C)nc3C)n[nH]2)c1.